The molecule has 1 amide bonds. The molecule has 0 aromatic heterocycles. The second-order valence-corrected chi connectivity index (χ2v) is 7.87. The van der Waals surface area contributed by atoms with Crippen LogP contribution in [-0.2, 0) is 14.3 Å². The van der Waals surface area contributed by atoms with E-state index >= 15 is 0 Å². The van der Waals surface area contributed by atoms with Crippen molar-refractivity contribution in [3.63, 3.8) is 0 Å². The van der Waals surface area contributed by atoms with E-state index in [-0.39, 0.29) is 11.9 Å². The van der Waals surface area contributed by atoms with Gasteiger partial charge in [0.25, 0.3) is 5.91 Å². The molecule has 0 rings (SSSR count). The minimum Gasteiger partial charge on any atom is -0.453 e. The first-order valence-corrected chi connectivity index (χ1v) is 11.1. The van der Waals surface area contributed by atoms with E-state index in [0.717, 1.165) is 25.8 Å². The van der Waals surface area contributed by atoms with E-state index in [4.69, 9.17) is 4.74 Å². The minimum absolute atomic E-state index is 0.207. The second kappa shape index (κ2) is 18.3. The Morgan fingerprint density at radius 1 is 0.852 bits per heavy atom. The Labute approximate surface area is 167 Å². The van der Waals surface area contributed by atoms with Gasteiger partial charge in [-0.2, -0.15) is 0 Å². The van der Waals surface area contributed by atoms with E-state index in [2.05, 4.69) is 17.1 Å². The molecule has 0 radical (unpaired) electrons. The summed E-state index contributed by atoms with van der Waals surface area (Å²) in [5.41, 5.74) is 0. The Balaban J connectivity index is 3.50. The summed E-state index contributed by atoms with van der Waals surface area (Å²) in [6.07, 6.45) is 14.4. The molecule has 0 aromatic rings. The highest BCUT2D eigenvalue weighted by Gasteiger charge is 2.16. The number of unbranched alkanes of at least 4 members (excludes halogenated alkanes) is 10. The number of nitrogens with zero attached hydrogens (tertiary/aromatic N) is 1. The van der Waals surface area contributed by atoms with Crippen molar-refractivity contribution in [3.05, 3.63) is 0 Å². The maximum atomic E-state index is 11.9. The standard InChI is InChI=1S/C22H44N2O3/c1-5-6-7-8-9-10-11-12-13-14-15-17-21(25)27-20(2)22(26)23-18-16-19-24(3)4/h20H,5-19H2,1-4H3,(H,23,26). The van der Waals surface area contributed by atoms with Crippen LogP contribution in [0.1, 0.15) is 97.3 Å². The number of carbonyl (C=O) groups excluding carboxylic acids is 2. The average Bonchev–Trinajstić information content (AvgIpc) is 2.62. The molecule has 0 aromatic carbocycles. The van der Waals surface area contributed by atoms with Crippen molar-refractivity contribution in [2.24, 2.45) is 0 Å². The van der Waals surface area contributed by atoms with Crippen LogP contribution in [0, 0.1) is 0 Å². The van der Waals surface area contributed by atoms with E-state index in [9.17, 15) is 9.59 Å². The number of hydrogen-bond acceptors (Lipinski definition) is 4. The first kappa shape index (κ1) is 25.9. The molecule has 5 heteroatoms. The van der Waals surface area contributed by atoms with Gasteiger partial charge < -0.3 is 15.0 Å². The summed E-state index contributed by atoms with van der Waals surface area (Å²) in [5.74, 6) is -0.470. The molecule has 5 nitrogen and oxygen atoms in total. The van der Waals surface area contributed by atoms with Gasteiger partial charge in [-0.3, -0.25) is 9.59 Å². The normalized spacial score (nSPS) is 12.2. The lowest BCUT2D eigenvalue weighted by Gasteiger charge is -2.14. The zero-order valence-electron chi connectivity index (χ0n) is 18.4. The van der Waals surface area contributed by atoms with Gasteiger partial charge in [0.2, 0.25) is 0 Å². The van der Waals surface area contributed by atoms with Crippen LogP contribution in [0.4, 0.5) is 0 Å². The highest BCUT2D eigenvalue weighted by molar-refractivity contribution is 5.83. The highest BCUT2D eigenvalue weighted by Crippen LogP contribution is 2.12. The van der Waals surface area contributed by atoms with Crippen molar-refractivity contribution in [2.45, 2.75) is 103 Å². The van der Waals surface area contributed by atoms with Crippen LogP contribution in [0.5, 0.6) is 0 Å². The van der Waals surface area contributed by atoms with E-state index in [0.29, 0.717) is 13.0 Å². The summed E-state index contributed by atoms with van der Waals surface area (Å²) in [6.45, 7) is 5.42. The van der Waals surface area contributed by atoms with Crippen LogP contribution in [0.25, 0.3) is 0 Å². The lowest BCUT2D eigenvalue weighted by Crippen LogP contribution is -2.37. The van der Waals surface area contributed by atoms with Gasteiger partial charge in [0.05, 0.1) is 0 Å². The Morgan fingerprint density at radius 3 is 1.89 bits per heavy atom. The van der Waals surface area contributed by atoms with Gasteiger partial charge in [-0.1, -0.05) is 71.1 Å². The molecule has 1 atom stereocenters. The number of ether oxygens (including phenoxy) is 1. The molecule has 1 unspecified atom stereocenters. The van der Waals surface area contributed by atoms with Gasteiger partial charge in [0.1, 0.15) is 0 Å². The third kappa shape index (κ3) is 18.0. The van der Waals surface area contributed by atoms with Crippen LogP contribution in [0.15, 0.2) is 0 Å². The lowest BCUT2D eigenvalue weighted by molar-refractivity contribution is -0.154. The Hall–Kier alpha value is -1.10. The molecular formula is C22H44N2O3. The summed E-state index contributed by atoms with van der Waals surface area (Å²) in [5, 5.41) is 2.81. The largest absolute Gasteiger partial charge is 0.453 e. The molecular weight excluding hydrogens is 340 g/mol. The monoisotopic (exact) mass is 384 g/mol. The van der Waals surface area contributed by atoms with Crippen LogP contribution in [0.2, 0.25) is 0 Å². The summed E-state index contributed by atoms with van der Waals surface area (Å²) in [4.78, 5) is 25.8. The zero-order valence-corrected chi connectivity index (χ0v) is 18.4. The summed E-state index contributed by atoms with van der Waals surface area (Å²) >= 11 is 0. The van der Waals surface area contributed by atoms with Crippen molar-refractivity contribution in [1.29, 1.82) is 0 Å². The highest BCUT2D eigenvalue weighted by atomic mass is 16.5. The summed E-state index contributed by atoms with van der Waals surface area (Å²) in [7, 11) is 4.00. The lowest BCUT2D eigenvalue weighted by atomic mass is 10.1. The molecule has 0 aliphatic heterocycles. The predicted molar refractivity (Wildman–Crippen MR) is 113 cm³/mol. The van der Waals surface area contributed by atoms with Crippen molar-refractivity contribution >= 4 is 11.9 Å². The van der Waals surface area contributed by atoms with Gasteiger partial charge in [-0.05, 0) is 40.4 Å². The van der Waals surface area contributed by atoms with E-state index in [1.807, 2.05) is 14.1 Å². The van der Waals surface area contributed by atoms with Gasteiger partial charge in [0.15, 0.2) is 6.10 Å². The van der Waals surface area contributed by atoms with Gasteiger partial charge >= 0.3 is 5.97 Å². The third-order valence-electron chi connectivity index (χ3n) is 4.74. The quantitative estimate of drug-likeness (QED) is 0.275. The Kier molecular flexibility index (Phi) is 17.5. The van der Waals surface area contributed by atoms with Gasteiger partial charge in [0, 0.05) is 13.0 Å². The van der Waals surface area contributed by atoms with Crippen molar-refractivity contribution in [1.82, 2.24) is 10.2 Å². The fourth-order valence-electron chi connectivity index (χ4n) is 2.99. The topological polar surface area (TPSA) is 58.6 Å². The molecule has 1 N–H and O–H groups in total. The van der Waals surface area contributed by atoms with Crippen molar-refractivity contribution in [2.75, 3.05) is 27.2 Å². The fraction of sp³-hybridized carbons (Fsp3) is 0.909. The Morgan fingerprint density at radius 2 is 1.37 bits per heavy atom. The molecule has 0 saturated heterocycles. The maximum absolute atomic E-state index is 11.9. The number of rotatable bonds is 18. The number of amides is 1. The number of carbonyl (C=O) groups is 2. The minimum atomic E-state index is -0.704. The molecule has 0 saturated carbocycles. The molecule has 0 fully saturated rings. The second-order valence-electron chi connectivity index (χ2n) is 7.87. The van der Waals surface area contributed by atoms with Crippen LogP contribution >= 0.6 is 0 Å². The predicted octanol–water partition coefficient (Wildman–Crippen LogP) is 4.69. The summed E-state index contributed by atoms with van der Waals surface area (Å²) < 4.78 is 5.22. The SMILES string of the molecule is CCCCCCCCCCCCCC(=O)OC(C)C(=O)NCCCN(C)C. The molecule has 0 aliphatic rings. The molecule has 0 bridgehead atoms. The summed E-state index contributed by atoms with van der Waals surface area (Å²) in [6, 6.07) is 0. The van der Waals surface area contributed by atoms with E-state index in [1.54, 1.807) is 6.92 Å². The van der Waals surface area contributed by atoms with Crippen LogP contribution in [-0.4, -0.2) is 50.1 Å². The van der Waals surface area contributed by atoms with E-state index in [1.165, 1.54) is 57.8 Å². The van der Waals surface area contributed by atoms with Gasteiger partial charge in [-0.15, -0.1) is 0 Å². The van der Waals surface area contributed by atoms with E-state index < -0.39 is 6.10 Å². The van der Waals surface area contributed by atoms with Crippen molar-refractivity contribution in [3.8, 4) is 0 Å². The Bertz CT molecular complexity index is 373. The van der Waals surface area contributed by atoms with Crippen LogP contribution in [0.3, 0.4) is 0 Å². The number of nitrogens with one attached hydrogen (secondary N) is 1. The van der Waals surface area contributed by atoms with Gasteiger partial charge in [-0.25, -0.2) is 0 Å². The molecule has 160 valence electrons. The first-order valence-electron chi connectivity index (χ1n) is 11.1. The molecule has 27 heavy (non-hydrogen) atoms. The molecule has 0 spiro atoms. The zero-order chi connectivity index (χ0) is 20.3. The smallest absolute Gasteiger partial charge is 0.306 e. The number of hydrogen-bond donors (Lipinski definition) is 1. The average molecular weight is 385 g/mol. The van der Waals surface area contributed by atoms with Crippen molar-refractivity contribution < 1.29 is 14.3 Å². The van der Waals surface area contributed by atoms with Crippen LogP contribution < -0.4 is 5.32 Å². The molecule has 0 aliphatic carbocycles. The maximum Gasteiger partial charge on any atom is 0.306 e. The molecule has 0 heterocycles. The first-order chi connectivity index (χ1) is 13.0. The number of esters is 1. The fourth-order valence-corrected chi connectivity index (χ4v) is 2.99. The third-order valence-corrected chi connectivity index (χ3v) is 4.74.